The molecule has 2 aromatic rings. The van der Waals surface area contributed by atoms with Gasteiger partial charge in [0.25, 0.3) is 0 Å². The summed E-state index contributed by atoms with van der Waals surface area (Å²) in [5, 5.41) is 0. The second-order valence-corrected chi connectivity index (χ2v) is 3.14. The zero-order valence-corrected chi connectivity index (χ0v) is 8.34. The van der Waals surface area contributed by atoms with Gasteiger partial charge in [-0.15, -0.1) is 0 Å². The van der Waals surface area contributed by atoms with Crippen molar-refractivity contribution < 1.29 is 4.74 Å². The van der Waals surface area contributed by atoms with Crippen molar-refractivity contribution in [2.24, 2.45) is 0 Å². The number of ether oxygens (including phenoxy) is 1. The Morgan fingerprint density at radius 3 is 2.93 bits per heavy atom. The molecule has 0 aliphatic rings. The molecule has 15 heavy (non-hydrogen) atoms. The maximum Gasteiger partial charge on any atom is 0.148 e. The number of anilines is 1. The van der Waals surface area contributed by atoms with E-state index in [1.165, 1.54) is 0 Å². The van der Waals surface area contributed by atoms with Crippen LogP contribution in [0.1, 0.15) is 5.69 Å². The average molecular weight is 201 g/mol. The van der Waals surface area contributed by atoms with E-state index in [2.05, 4.69) is 9.97 Å². The fourth-order valence-electron chi connectivity index (χ4n) is 1.20. The van der Waals surface area contributed by atoms with Crippen molar-refractivity contribution in [3.63, 3.8) is 0 Å². The molecular formula is C11H11N3O. The Morgan fingerprint density at radius 2 is 2.20 bits per heavy atom. The average Bonchev–Trinajstić information content (AvgIpc) is 2.22. The van der Waals surface area contributed by atoms with E-state index in [1.807, 2.05) is 19.1 Å². The molecule has 0 aromatic carbocycles. The molecule has 0 aliphatic heterocycles. The molecule has 0 amide bonds. The number of pyridine rings is 2. The summed E-state index contributed by atoms with van der Waals surface area (Å²) in [6.45, 7) is 1.88. The molecule has 4 nitrogen and oxygen atoms in total. The minimum absolute atomic E-state index is 0.578. The van der Waals surface area contributed by atoms with Crippen molar-refractivity contribution >= 4 is 5.69 Å². The van der Waals surface area contributed by atoms with Crippen LogP contribution in [0.5, 0.6) is 11.5 Å². The topological polar surface area (TPSA) is 61.0 Å². The van der Waals surface area contributed by atoms with Crippen LogP contribution in [0.4, 0.5) is 5.69 Å². The molecule has 2 N–H and O–H groups in total. The van der Waals surface area contributed by atoms with Crippen LogP contribution in [0.15, 0.2) is 36.8 Å². The third kappa shape index (κ3) is 2.22. The van der Waals surface area contributed by atoms with Crippen LogP contribution >= 0.6 is 0 Å². The molecule has 0 radical (unpaired) electrons. The first-order chi connectivity index (χ1) is 7.25. The lowest BCUT2D eigenvalue weighted by molar-refractivity contribution is 0.474. The fraction of sp³-hybridized carbons (Fsp3) is 0.0909. The summed E-state index contributed by atoms with van der Waals surface area (Å²) in [4.78, 5) is 8.06. The van der Waals surface area contributed by atoms with Crippen LogP contribution in [-0.4, -0.2) is 9.97 Å². The lowest BCUT2D eigenvalue weighted by Gasteiger charge is -2.07. The highest BCUT2D eigenvalue weighted by atomic mass is 16.5. The second-order valence-electron chi connectivity index (χ2n) is 3.14. The van der Waals surface area contributed by atoms with Gasteiger partial charge in [0.2, 0.25) is 0 Å². The monoisotopic (exact) mass is 201 g/mol. The maximum atomic E-state index is 5.59. The van der Waals surface area contributed by atoms with Gasteiger partial charge in [-0.25, -0.2) is 0 Å². The fourth-order valence-corrected chi connectivity index (χ4v) is 1.20. The Kier molecular flexibility index (Phi) is 2.49. The van der Waals surface area contributed by atoms with Gasteiger partial charge in [0.05, 0.1) is 23.8 Å². The van der Waals surface area contributed by atoms with E-state index in [0.29, 0.717) is 17.2 Å². The van der Waals surface area contributed by atoms with Crippen molar-refractivity contribution in [3.8, 4) is 11.5 Å². The first kappa shape index (κ1) is 9.45. The molecule has 2 rings (SSSR count). The quantitative estimate of drug-likeness (QED) is 0.808. The van der Waals surface area contributed by atoms with Crippen molar-refractivity contribution in [1.82, 2.24) is 9.97 Å². The summed E-state index contributed by atoms with van der Waals surface area (Å²) in [6, 6.07) is 5.40. The van der Waals surface area contributed by atoms with Gasteiger partial charge in [-0.2, -0.15) is 0 Å². The van der Waals surface area contributed by atoms with E-state index in [9.17, 15) is 0 Å². The molecule has 0 saturated heterocycles. The minimum atomic E-state index is 0.578. The van der Waals surface area contributed by atoms with Gasteiger partial charge in [-0.3, -0.25) is 9.97 Å². The van der Waals surface area contributed by atoms with Crippen LogP contribution in [0, 0.1) is 6.92 Å². The molecule has 0 spiro atoms. The first-order valence-corrected chi connectivity index (χ1v) is 4.56. The van der Waals surface area contributed by atoms with Crippen LogP contribution < -0.4 is 10.5 Å². The Morgan fingerprint density at radius 1 is 1.33 bits per heavy atom. The van der Waals surface area contributed by atoms with Gasteiger partial charge in [0.15, 0.2) is 0 Å². The number of hydrogen-bond acceptors (Lipinski definition) is 4. The number of rotatable bonds is 2. The maximum absolute atomic E-state index is 5.59. The van der Waals surface area contributed by atoms with Gasteiger partial charge >= 0.3 is 0 Å². The molecule has 0 fully saturated rings. The lowest BCUT2D eigenvalue weighted by atomic mass is 10.3. The molecule has 0 atom stereocenters. The Labute approximate surface area is 87.7 Å². The summed E-state index contributed by atoms with van der Waals surface area (Å²) in [5.74, 6) is 1.33. The largest absolute Gasteiger partial charge is 0.454 e. The van der Waals surface area contributed by atoms with Crippen molar-refractivity contribution in [3.05, 3.63) is 42.5 Å². The third-order valence-electron chi connectivity index (χ3n) is 1.92. The van der Waals surface area contributed by atoms with Gasteiger partial charge in [-0.05, 0) is 19.1 Å². The number of aryl methyl sites for hydroxylation is 1. The Balaban J connectivity index is 2.26. The molecule has 0 bridgehead atoms. The van der Waals surface area contributed by atoms with E-state index >= 15 is 0 Å². The van der Waals surface area contributed by atoms with E-state index in [1.54, 1.807) is 24.7 Å². The first-order valence-electron chi connectivity index (χ1n) is 4.56. The minimum Gasteiger partial charge on any atom is -0.454 e. The smallest absolute Gasteiger partial charge is 0.148 e. The number of nitrogen functional groups attached to an aromatic ring is 1. The summed E-state index contributed by atoms with van der Waals surface area (Å²) < 4.78 is 5.58. The standard InChI is InChI=1S/C11H11N3O/c1-8-11(3-2-4-14-8)15-10-5-9(12)6-13-7-10/h2-7H,12H2,1H3. The highest BCUT2D eigenvalue weighted by Crippen LogP contribution is 2.23. The zero-order chi connectivity index (χ0) is 10.7. The summed E-state index contributed by atoms with van der Waals surface area (Å²) >= 11 is 0. The van der Waals surface area contributed by atoms with E-state index < -0.39 is 0 Å². The highest BCUT2D eigenvalue weighted by molar-refractivity contribution is 5.42. The molecule has 4 heteroatoms. The normalized spacial score (nSPS) is 9.93. The summed E-state index contributed by atoms with van der Waals surface area (Å²) in [7, 11) is 0. The van der Waals surface area contributed by atoms with Gasteiger partial charge < -0.3 is 10.5 Å². The number of hydrogen-bond donors (Lipinski definition) is 1. The number of aromatic nitrogens is 2. The number of nitrogens with zero attached hydrogens (tertiary/aromatic N) is 2. The van der Waals surface area contributed by atoms with Crippen LogP contribution in [0.25, 0.3) is 0 Å². The van der Waals surface area contributed by atoms with E-state index in [-0.39, 0.29) is 0 Å². The molecule has 2 heterocycles. The third-order valence-corrected chi connectivity index (χ3v) is 1.92. The molecular weight excluding hydrogens is 190 g/mol. The van der Waals surface area contributed by atoms with E-state index in [4.69, 9.17) is 10.5 Å². The molecule has 2 aromatic heterocycles. The predicted octanol–water partition coefficient (Wildman–Crippen LogP) is 2.16. The molecule has 0 unspecified atom stereocenters. The van der Waals surface area contributed by atoms with E-state index in [0.717, 1.165) is 5.69 Å². The van der Waals surface area contributed by atoms with Gasteiger partial charge in [0, 0.05) is 12.3 Å². The van der Waals surface area contributed by atoms with Crippen LogP contribution in [-0.2, 0) is 0 Å². The Hall–Kier alpha value is -2.10. The number of nitrogens with two attached hydrogens (primary N) is 1. The van der Waals surface area contributed by atoms with Crippen molar-refractivity contribution in [1.29, 1.82) is 0 Å². The molecule has 0 saturated carbocycles. The Bertz CT molecular complexity index is 471. The summed E-state index contributed by atoms with van der Waals surface area (Å²) in [5.41, 5.74) is 7.00. The highest BCUT2D eigenvalue weighted by Gasteiger charge is 2.01. The molecule has 0 aliphatic carbocycles. The summed E-state index contributed by atoms with van der Waals surface area (Å²) in [6.07, 6.45) is 4.91. The van der Waals surface area contributed by atoms with Crippen molar-refractivity contribution in [2.75, 3.05) is 5.73 Å². The second kappa shape index (κ2) is 3.96. The SMILES string of the molecule is Cc1ncccc1Oc1cncc(N)c1. The molecule has 76 valence electrons. The lowest BCUT2D eigenvalue weighted by Crippen LogP contribution is -1.92. The van der Waals surface area contributed by atoms with Crippen LogP contribution in [0.2, 0.25) is 0 Å². The van der Waals surface area contributed by atoms with Crippen molar-refractivity contribution in [2.45, 2.75) is 6.92 Å². The predicted molar refractivity (Wildman–Crippen MR) is 57.7 cm³/mol. The van der Waals surface area contributed by atoms with Gasteiger partial charge in [0.1, 0.15) is 11.5 Å². The van der Waals surface area contributed by atoms with Crippen LogP contribution in [0.3, 0.4) is 0 Å². The zero-order valence-electron chi connectivity index (χ0n) is 8.34. The van der Waals surface area contributed by atoms with Gasteiger partial charge in [-0.1, -0.05) is 0 Å².